The molecule has 0 spiro atoms. The Hall–Kier alpha value is -2.39. The van der Waals surface area contributed by atoms with Gasteiger partial charge in [-0.25, -0.2) is 9.78 Å². The van der Waals surface area contributed by atoms with Gasteiger partial charge in [0.05, 0.1) is 6.54 Å². The van der Waals surface area contributed by atoms with E-state index in [0.717, 1.165) is 22.8 Å². The summed E-state index contributed by atoms with van der Waals surface area (Å²) < 4.78 is 12.1. The monoisotopic (exact) mass is 474 g/mol. The van der Waals surface area contributed by atoms with Crippen LogP contribution in [0.4, 0.5) is 4.79 Å². The Balaban J connectivity index is 1.36. The Kier molecular flexibility index (Phi) is 4.44. The number of nitrogens with one attached hydrogen (secondary N) is 1. The lowest BCUT2D eigenvalue weighted by Gasteiger charge is -2.34. The van der Waals surface area contributed by atoms with Gasteiger partial charge in [0, 0.05) is 35.0 Å². The van der Waals surface area contributed by atoms with Crippen molar-refractivity contribution in [3.8, 4) is 0 Å². The average molecular weight is 475 g/mol. The number of H-pyrrole nitrogens is 1. The molecule has 1 amide bonds. The molecule has 0 unspecified atom stereocenters. The number of aromatic amines is 1. The molecule has 158 valence electrons. The molecular formula is C21H23BrN4O4. The third-order valence-corrected chi connectivity index (χ3v) is 6.16. The van der Waals surface area contributed by atoms with E-state index < -0.39 is 5.60 Å². The van der Waals surface area contributed by atoms with Crippen molar-refractivity contribution in [3.05, 3.63) is 38.9 Å². The van der Waals surface area contributed by atoms with Gasteiger partial charge in [0.15, 0.2) is 0 Å². The summed E-state index contributed by atoms with van der Waals surface area (Å²) in [6, 6.07) is 5.97. The molecule has 8 nitrogen and oxygen atoms in total. The molecule has 2 bridgehead atoms. The lowest BCUT2D eigenvalue weighted by atomic mass is 10.2. The van der Waals surface area contributed by atoms with Crippen LogP contribution in [0.3, 0.4) is 0 Å². The molecule has 3 aromatic rings. The molecule has 9 heteroatoms. The zero-order valence-corrected chi connectivity index (χ0v) is 18.7. The van der Waals surface area contributed by atoms with Gasteiger partial charge in [-0.3, -0.25) is 9.69 Å². The van der Waals surface area contributed by atoms with Crippen molar-refractivity contribution < 1.29 is 13.9 Å². The summed E-state index contributed by atoms with van der Waals surface area (Å²) in [5.41, 5.74) is 0.675. The maximum atomic E-state index is 12.6. The number of amides is 1. The maximum absolute atomic E-state index is 12.6. The number of fused-ring (bicyclic) bond motifs is 5. The molecule has 0 aliphatic carbocycles. The van der Waals surface area contributed by atoms with Gasteiger partial charge in [0.25, 0.3) is 5.56 Å². The second kappa shape index (κ2) is 6.81. The normalized spacial score (nSPS) is 21.8. The second-order valence-electron chi connectivity index (χ2n) is 9.04. The number of halogens is 1. The Bertz CT molecular complexity index is 1210. The summed E-state index contributed by atoms with van der Waals surface area (Å²) in [6.45, 7) is 7.53. The van der Waals surface area contributed by atoms with Crippen molar-refractivity contribution in [1.29, 1.82) is 0 Å². The fourth-order valence-electron chi connectivity index (χ4n) is 4.43. The van der Waals surface area contributed by atoms with Crippen molar-refractivity contribution in [2.45, 2.75) is 51.4 Å². The topological polar surface area (TPSA) is 91.7 Å². The number of carbonyl (C=O) groups is 1. The first-order valence-electron chi connectivity index (χ1n) is 10.0. The summed E-state index contributed by atoms with van der Waals surface area (Å²) in [5.74, 6) is 0.603. The number of aromatic nitrogens is 2. The lowest BCUT2D eigenvalue weighted by Crippen LogP contribution is -2.49. The number of ether oxygens (including phenoxy) is 1. The summed E-state index contributed by atoms with van der Waals surface area (Å²) in [7, 11) is 0. The number of hydrogen-bond donors (Lipinski definition) is 1. The van der Waals surface area contributed by atoms with Crippen molar-refractivity contribution in [2.24, 2.45) is 0 Å². The predicted molar refractivity (Wildman–Crippen MR) is 115 cm³/mol. The summed E-state index contributed by atoms with van der Waals surface area (Å²) >= 11 is 3.46. The van der Waals surface area contributed by atoms with Crippen LogP contribution in [0, 0.1) is 0 Å². The highest BCUT2D eigenvalue weighted by atomic mass is 79.9. The number of nitrogens with zero attached hydrogens (tertiary/aromatic N) is 3. The number of rotatable bonds is 2. The van der Waals surface area contributed by atoms with Crippen LogP contribution in [0.25, 0.3) is 22.1 Å². The predicted octanol–water partition coefficient (Wildman–Crippen LogP) is 3.63. The van der Waals surface area contributed by atoms with Gasteiger partial charge in [-0.1, -0.05) is 15.9 Å². The zero-order valence-electron chi connectivity index (χ0n) is 17.1. The number of benzene rings is 1. The largest absolute Gasteiger partial charge is 0.449 e. The minimum Gasteiger partial charge on any atom is -0.449 e. The number of hydrogen-bond acceptors (Lipinski definition) is 6. The fraction of sp³-hybridized carbons (Fsp3) is 0.476. The molecule has 2 atom stereocenters. The van der Waals surface area contributed by atoms with E-state index in [2.05, 4.69) is 25.8 Å². The van der Waals surface area contributed by atoms with Crippen molar-refractivity contribution >= 4 is 44.1 Å². The molecule has 2 fully saturated rings. The number of furan rings is 1. The zero-order chi connectivity index (χ0) is 21.2. The standard InChI is InChI=1S/C21H23BrN4O4/c1-21(2,3)30-20(28)26-9-12-7-13(26)8-25(12)10-16-23-17-14-6-11(22)4-5-15(14)29-18(17)19(27)24-16/h4-6,12-13H,7-10H2,1-3H3,(H,23,24,27)/t12-,13-/m0/s1. The average Bonchev–Trinajstić information content (AvgIpc) is 3.33. The van der Waals surface area contributed by atoms with E-state index in [0.29, 0.717) is 30.0 Å². The SMILES string of the molecule is CC(C)(C)OC(=O)N1C[C@@H]2C[C@H]1CN2Cc1nc2c(oc3ccc(Br)cc32)c(=O)[nH]1. The molecule has 5 rings (SSSR count). The molecule has 1 aromatic carbocycles. The highest BCUT2D eigenvalue weighted by Crippen LogP contribution is 2.33. The van der Waals surface area contributed by atoms with Gasteiger partial charge in [-0.15, -0.1) is 0 Å². The first-order valence-corrected chi connectivity index (χ1v) is 10.8. The lowest BCUT2D eigenvalue weighted by molar-refractivity contribution is 0.0122. The first kappa shape index (κ1) is 19.6. The van der Waals surface area contributed by atoms with Crippen LogP contribution < -0.4 is 5.56 Å². The molecule has 2 aromatic heterocycles. The van der Waals surface area contributed by atoms with E-state index in [4.69, 9.17) is 14.1 Å². The third-order valence-electron chi connectivity index (χ3n) is 5.67. The summed E-state index contributed by atoms with van der Waals surface area (Å²) in [6.07, 6.45) is 0.658. The van der Waals surface area contributed by atoms with Gasteiger partial charge in [-0.05, 0) is 45.4 Å². The van der Waals surface area contributed by atoms with Gasteiger partial charge in [0.1, 0.15) is 22.5 Å². The Morgan fingerprint density at radius 3 is 2.83 bits per heavy atom. The van der Waals surface area contributed by atoms with Crippen LogP contribution in [0.15, 0.2) is 31.9 Å². The van der Waals surface area contributed by atoms with Crippen LogP contribution in [-0.2, 0) is 11.3 Å². The van der Waals surface area contributed by atoms with E-state index in [1.165, 1.54) is 0 Å². The molecule has 2 saturated heterocycles. The van der Waals surface area contributed by atoms with Gasteiger partial charge in [0.2, 0.25) is 5.58 Å². The summed E-state index contributed by atoms with van der Waals surface area (Å²) in [5, 5.41) is 0.811. The van der Waals surface area contributed by atoms with E-state index in [1.807, 2.05) is 43.9 Å². The van der Waals surface area contributed by atoms with Gasteiger partial charge < -0.3 is 19.0 Å². The van der Waals surface area contributed by atoms with E-state index >= 15 is 0 Å². The Morgan fingerprint density at radius 2 is 2.13 bits per heavy atom. The highest BCUT2D eigenvalue weighted by molar-refractivity contribution is 9.10. The number of piperazine rings is 1. The van der Waals surface area contributed by atoms with Crippen LogP contribution >= 0.6 is 15.9 Å². The van der Waals surface area contributed by atoms with Gasteiger partial charge in [-0.2, -0.15) is 0 Å². The molecule has 2 aliphatic heterocycles. The Labute approximate surface area is 181 Å². The summed E-state index contributed by atoms with van der Waals surface area (Å²) in [4.78, 5) is 36.7. The minimum atomic E-state index is -0.500. The molecule has 1 N–H and O–H groups in total. The van der Waals surface area contributed by atoms with Crippen molar-refractivity contribution in [2.75, 3.05) is 13.1 Å². The minimum absolute atomic E-state index is 0.131. The molecule has 0 radical (unpaired) electrons. The van der Waals surface area contributed by atoms with Crippen LogP contribution in [-0.4, -0.2) is 56.6 Å². The molecule has 2 aliphatic rings. The molecule has 4 heterocycles. The van der Waals surface area contributed by atoms with Crippen LogP contribution in [0.2, 0.25) is 0 Å². The molecule has 0 saturated carbocycles. The molecular weight excluding hydrogens is 452 g/mol. The van der Waals surface area contributed by atoms with Gasteiger partial charge >= 0.3 is 6.09 Å². The van der Waals surface area contributed by atoms with Crippen molar-refractivity contribution in [3.63, 3.8) is 0 Å². The fourth-order valence-corrected chi connectivity index (χ4v) is 4.79. The smallest absolute Gasteiger partial charge is 0.410 e. The van der Waals surface area contributed by atoms with E-state index in [-0.39, 0.29) is 29.3 Å². The van der Waals surface area contributed by atoms with Crippen molar-refractivity contribution in [1.82, 2.24) is 19.8 Å². The first-order chi connectivity index (χ1) is 14.2. The number of likely N-dealkylation sites (tertiary alicyclic amines) is 2. The second-order valence-corrected chi connectivity index (χ2v) is 9.95. The quantitative estimate of drug-likeness (QED) is 0.609. The molecule has 30 heavy (non-hydrogen) atoms. The van der Waals surface area contributed by atoms with Crippen LogP contribution in [0.1, 0.15) is 33.0 Å². The third kappa shape index (κ3) is 3.39. The maximum Gasteiger partial charge on any atom is 0.410 e. The van der Waals surface area contributed by atoms with E-state index in [9.17, 15) is 9.59 Å². The Morgan fingerprint density at radius 1 is 1.33 bits per heavy atom. The number of carbonyl (C=O) groups excluding carboxylic acids is 1. The highest BCUT2D eigenvalue weighted by Gasteiger charge is 2.46. The van der Waals surface area contributed by atoms with E-state index in [1.54, 1.807) is 0 Å². The van der Waals surface area contributed by atoms with Crippen LogP contribution in [0.5, 0.6) is 0 Å².